The monoisotopic (exact) mass is 320 g/mol. The van der Waals surface area contributed by atoms with Crippen LogP contribution in [-0.2, 0) is 6.54 Å². The van der Waals surface area contributed by atoms with E-state index in [1.807, 2.05) is 0 Å². The fourth-order valence-corrected chi connectivity index (χ4v) is 1.92. The molecule has 0 unspecified atom stereocenters. The Morgan fingerprint density at radius 1 is 1.29 bits per heavy atom. The Labute approximate surface area is 102 Å². The SMILES string of the molecule is CN(CCN)Cc1ccc(Br)c(Br)c1. The molecule has 14 heavy (non-hydrogen) atoms. The molecule has 0 bridgehead atoms. The first-order chi connectivity index (χ1) is 6.63. The third-order valence-electron chi connectivity index (χ3n) is 1.95. The molecule has 78 valence electrons. The first-order valence-corrected chi connectivity index (χ1v) is 6.04. The fraction of sp³-hybridized carbons (Fsp3) is 0.400. The molecular weight excluding hydrogens is 308 g/mol. The van der Waals surface area contributed by atoms with E-state index in [2.05, 4.69) is 62.0 Å². The maximum Gasteiger partial charge on any atom is 0.0320 e. The summed E-state index contributed by atoms with van der Waals surface area (Å²) in [7, 11) is 2.07. The normalized spacial score (nSPS) is 10.9. The van der Waals surface area contributed by atoms with Gasteiger partial charge in [-0.1, -0.05) is 6.07 Å². The molecule has 0 heterocycles. The van der Waals surface area contributed by atoms with Crippen molar-refractivity contribution in [3.05, 3.63) is 32.7 Å². The second kappa shape index (κ2) is 5.85. The lowest BCUT2D eigenvalue weighted by molar-refractivity contribution is 0.336. The van der Waals surface area contributed by atoms with Crippen molar-refractivity contribution >= 4 is 31.9 Å². The number of halogens is 2. The standard InChI is InChI=1S/C10H14Br2N2/c1-14(5-4-13)7-8-2-3-9(11)10(12)6-8/h2-3,6H,4-5,7,13H2,1H3. The molecule has 0 aliphatic carbocycles. The third-order valence-corrected chi connectivity index (χ3v) is 3.83. The number of nitrogens with two attached hydrogens (primary N) is 1. The van der Waals surface area contributed by atoms with Gasteiger partial charge in [0.2, 0.25) is 0 Å². The van der Waals surface area contributed by atoms with Crippen LogP contribution in [0.15, 0.2) is 27.1 Å². The number of rotatable bonds is 4. The minimum absolute atomic E-state index is 0.703. The predicted octanol–water partition coefficient (Wildman–Crippen LogP) is 2.60. The number of likely N-dealkylation sites (N-methyl/N-ethyl adjacent to an activating group) is 1. The molecule has 2 N–H and O–H groups in total. The summed E-state index contributed by atoms with van der Waals surface area (Å²) in [6.07, 6.45) is 0. The van der Waals surface area contributed by atoms with E-state index < -0.39 is 0 Å². The third kappa shape index (κ3) is 3.69. The largest absolute Gasteiger partial charge is 0.329 e. The first-order valence-electron chi connectivity index (χ1n) is 4.46. The van der Waals surface area contributed by atoms with Crippen molar-refractivity contribution < 1.29 is 0 Å². The molecule has 0 radical (unpaired) electrons. The minimum Gasteiger partial charge on any atom is -0.329 e. The average Bonchev–Trinajstić information content (AvgIpc) is 2.12. The van der Waals surface area contributed by atoms with Crippen molar-refractivity contribution in [2.24, 2.45) is 5.73 Å². The van der Waals surface area contributed by atoms with Crippen LogP contribution in [0, 0.1) is 0 Å². The topological polar surface area (TPSA) is 29.3 Å². The van der Waals surface area contributed by atoms with Gasteiger partial charge in [0, 0.05) is 28.6 Å². The highest BCUT2D eigenvalue weighted by Crippen LogP contribution is 2.24. The molecule has 1 rings (SSSR count). The van der Waals surface area contributed by atoms with Crippen LogP contribution in [0.1, 0.15) is 5.56 Å². The van der Waals surface area contributed by atoms with Crippen LogP contribution >= 0.6 is 31.9 Å². The molecule has 0 amide bonds. The van der Waals surface area contributed by atoms with Crippen LogP contribution in [0.4, 0.5) is 0 Å². The Bertz CT molecular complexity index is 302. The van der Waals surface area contributed by atoms with Crippen LogP contribution in [0.5, 0.6) is 0 Å². The van der Waals surface area contributed by atoms with Crippen LogP contribution in [0.25, 0.3) is 0 Å². The Morgan fingerprint density at radius 2 is 2.00 bits per heavy atom. The summed E-state index contributed by atoms with van der Waals surface area (Å²) in [5.74, 6) is 0. The van der Waals surface area contributed by atoms with Gasteiger partial charge in [0.1, 0.15) is 0 Å². The zero-order chi connectivity index (χ0) is 10.6. The van der Waals surface area contributed by atoms with Crippen LogP contribution in [0.2, 0.25) is 0 Å². The molecule has 1 aromatic carbocycles. The van der Waals surface area contributed by atoms with E-state index in [1.165, 1.54) is 5.56 Å². The molecule has 0 aliphatic rings. The summed E-state index contributed by atoms with van der Waals surface area (Å²) in [5, 5.41) is 0. The van der Waals surface area contributed by atoms with Gasteiger partial charge in [-0.3, -0.25) is 0 Å². The van der Waals surface area contributed by atoms with Crippen molar-refractivity contribution in [3.63, 3.8) is 0 Å². The molecule has 4 heteroatoms. The summed E-state index contributed by atoms with van der Waals surface area (Å²) in [6.45, 7) is 2.56. The van der Waals surface area contributed by atoms with E-state index in [0.717, 1.165) is 22.0 Å². The van der Waals surface area contributed by atoms with E-state index >= 15 is 0 Å². The highest BCUT2D eigenvalue weighted by Gasteiger charge is 2.01. The second-order valence-corrected chi connectivity index (χ2v) is 4.98. The summed E-state index contributed by atoms with van der Waals surface area (Å²) >= 11 is 6.93. The van der Waals surface area contributed by atoms with Gasteiger partial charge in [-0.05, 0) is 56.6 Å². The maximum absolute atomic E-state index is 5.48. The number of nitrogens with zero attached hydrogens (tertiary/aromatic N) is 1. The maximum atomic E-state index is 5.48. The van der Waals surface area contributed by atoms with Gasteiger partial charge in [-0.2, -0.15) is 0 Å². The predicted molar refractivity (Wildman–Crippen MR) is 67.2 cm³/mol. The van der Waals surface area contributed by atoms with Crippen LogP contribution in [0.3, 0.4) is 0 Å². The highest BCUT2D eigenvalue weighted by molar-refractivity contribution is 9.13. The second-order valence-electron chi connectivity index (χ2n) is 3.27. The number of hydrogen-bond acceptors (Lipinski definition) is 2. The van der Waals surface area contributed by atoms with E-state index in [0.29, 0.717) is 6.54 Å². The van der Waals surface area contributed by atoms with Gasteiger partial charge >= 0.3 is 0 Å². The molecule has 0 saturated carbocycles. The average molecular weight is 322 g/mol. The quantitative estimate of drug-likeness (QED) is 0.923. The van der Waals surface area contributed by atoms with Gasteiger partial charge < -0.3 is 10.6 Å². The first kappa shape index (κ1) is 12.2. The molecule has 0 saturated heterocycles. The van der Waals surface area contributed by atoms with Gasteiger partial charge in [0.25, 0.3) is 0 Å². The molecule has 1 aromatic rings. The fourth-order valence-electron chi connectivity index (χ4n) is 1.25. The zero-order valence-electron chi connectivity index (χ0n) is 8.13. The highest BCUT2D eigenvalue weighted by atomic mass is 79.9. The van der Waals surface area contributed by atoms with Crippen LogP contribution < -0.4 is 5.73 Å². The number of benzene rings is 1. The lowest BCUT2D eigenvalue weighted by Gasteiger charge is -2.15. The van der Waals surface area contributed by atoms with Gasteiger partial charge in [0.05, 0.1) is 0 Å². The molecule has 0 fully saturated rings. The number of hydrogen-bond donors (Lipinski definition) is 1. The van der Waals surface area contributed by atoms with E-state index in [4.69, 9.17) is 5.73 Å². The Morgan fingerprint density at radius 3 is 2.57 bits per heavy atom. The van der Waals surface area contributed by atoms with Crippen molar-refractivity contribution in [1.82, 2.24) is 4.90 Å². The van der Waals surface area contributed by atoms with Crippen molar-refractivity contribution in [2.45, 2.75) is 6.54 Å². The Kier molecular flexibility index (Phi) is 5.09. The summed E-state index contributed by atoms with van der Waals surface area (Å²) < 4.78 is 2.18. The molecule has 0 aromatic heterocycles. The molecule has 2 nitrogen and oxygen atoms in total. The lowest BCUT2D eigenvalue weighted by atomic mass is 10.2. The summed E-state index contributed by atoms with van der Waals surface area (Å²) in [5.41, 5.74) is 6.77. The van der Waals surface area contributed by atoms with Crippen LogP contribution in [-0.4, -0.2) is 25.0 Å². The van der Waals surface area contributed by atoms with Gasteiger partial charge in [-0.15, -0.1) is 0 Å². The molecule has 0 atom stereocenters. The Balaban J connectivity index is 2.63. The lowest BCUT2D eigenvalue weighted by Crippen LogP contribution is -2.24. The Hall–Kier alpha value is 0.1000. The van der Waals surface area contributed by atoms with E-state index in [1.54, 1.807) is 0 Å². The van der Waals surface area contributed by atoms with Crippen molar-refractivity contribution in [1.29, 1.82) is 0 Å². The smallest absolute Gasteiger partial charge is 0.0320 e. The zero-order valence-corrected chi connectivity index (χ0v) is 11.3. The van der Waals surface area contributed by atoms with Gasteiger partial charge in [0.15, 0.2) is 0 Å². The summed E-state index contributed by atoms with van der Waals surface area (Å²) in [6, 6.07) is 6.29. The molecule has 0 aliphatic heterocycles. The summed E-state index contributed by atoms with van der Waals surface area (Å²) in [4.78, 5) is 2.20. The van der Waals surface area contributed by atoms with E-state index in [-0.39, 0.29) is 0 Å². The van der Waals surface area contributed by atoms with Crippen molar-refractivity contribution in [3.8, 4) is 0 Å². The van der Waals surface area contributed by atoms with Gasteiger partial charge in [-0.25, -0.2) is 0 Å². The molecule has 0 spiro atoms. The van der Waals surface area contributed by atoms with Crippen molar-refractivity contribution in [2.75, 3.05) is 20.1 Å². The minimum atomic E-state index is 0.703. The van der Waals surface area contributed by atoms with E-state index in [9.17, 15) is 0 Å². The molecular formula is C10H14Br2N2.